The maximum Gasteiger partial charge on any atom is 0.224 e. The number of rotatable bonds is 6. The summed E-state index contributed by atoms with van der Waals surface area (Å²) in [5.41, 5.74) is 2.79. The molecule has 1 unspecified atom stereocenters. The molecule has 0 saturated carbocycles. The van der Waals surface area contributed by atoms with Gasteiger partial charge in [-0.3, -0.25) is 9.69 Å². The van der Waals surface area contributed by atoms with Crippen LogP contribution in [0.25, 0.3) is 11.0 Å². The van der Waals surface area contributed by atoms with Gasteiger partial charge in [0.05, 0.1) is 32.0 Å². The molecule has 3 rings (SSSR count). The first-order chi connectivity index (χ1) is 11.6. The summed E-state index contributed by atoms with van der Waals surface area (Å²) in [6.07, 6.45) is 1.31. The van der Waals surface area contributed by atoms with Crippen molar-refractivity contribution in [3.05, 3.63) is 35.6 Å². The number of benzene rings is 1. The van der Waals surface area contributed by atoms with Crippen molar-refractivity contribution < 1.29 is 19.1 Å². The van der Waals surface area contributed by atoms with Crippen molar-refractivity contribution in [2.24, 2.45) is 0 Å². The molecule has 1 aliphatic heterocycles. The van der Waals surface area contributed by atoms with Crippen LogP contribution in [0.3, 0.4) is 0 Å². The van der Waals surface area contributed by atoms with Crippen LogP contribution in [0.1, 0.15) is 11.1 Å². The third-order valence-electron chi connectivity index (χ3n) is 4.27. The summed E-state index contributed by atoms with van der Waals surface area (Å²) < 4.78 is 10.8. The molecule has 0 aliphatic carbocycles. The monoisotopic (exact) mass is 332 g/mol. The van der Waals surface area contributed by atoms with Gasteiger partial charge in [0, 0.05) is 37.1 Å². The Morgan fingerprint density at radius 2 is 2.17 bits per heavy atom. The maximum absolute atomic E-state index is 12.1. The Morgan fingerprint density at radius 1 is 1.38 bits per heavy atom. The highest BCUT2D eigenvalue weighted by Crippen LogP contribution is 2.22. The average Bonchev–Trinajstić information content (AvgIpc) is 2.96. The zero-order chi connectivity index (χ0) is 16.9. The van der Waals surface area contributed by atoms with Gasteiger partial charge < -0.3 is 19.6 Å². The van der Waals surface area contributed by atoms with Crippen LogP contribution in [0.15, 0.2) is 28.9 Å². The lowest BCUT2D eigenvalue weighted by atomic mass is 10.1. The van der Waals surface area contributed by atoms with Crippen molar-refractivity contribution >= 4 is 16.9 Å². The van der Waals surface area contributed by atoms with E-state index in [1.54, 1.807) is 6.26 Å². The molecule has 2 N–H and O–H groups in total. The Hall–Kier alpha value is -1.89. The van der Waals surface area contributed by atoms with Gasteiger partial charge in [0.25, 0.3) is 0 Å². The number of hydrogen-bond donors (Lipinski definition) is 2. The molecule has 6 heteroatoms. The fraction of sp³-hybridized carbons (Fsp3) is 0.500. The minimum Gasteiger partial charge on any atom is -0.464 e. The Morgan fingerprint density at radius 3 is 2.96 bits per heavy atom. The largest absolute Gasteiger partial charge is 0.464 e. The molecule has 0 bridgehead atoms. The number of aliphatic hydroxyl groups is 1. The molecule has 6 nitrogen and oxygen atoms in total. The number of nitrogens with zero attached hydrogens (tertiary/aromatic N) is 1. The summed E-state index contributed by atoms with van der Waals surface area (Å²) in [5, 5.41) is 13.8. The van der Waals surface area contributed by atoms with Gasteiger partial charge in [-0.25, -0.2) is 0 Å². The van der Waals surface area contributed by atoms with E-state index in [1.807, 2.05) is 25.1 Å². The second-order valence-corrected chi connectivity index (χ2v) is 6.31. The molecule has 1 aromatic heterocycles. The van der Waals surface area contributed by atoms with E-state index >= 15 is 0 Å². The number of β-amino-alcohol motifs (C(OH)–C–C–N with tert-alkyl or cyclic N) is 1. The number of nitrogens with one attached hydrogen (secondary N) is 1. The lowest BCUT2D eigenvalue weighted by Gasteiger charge is -2.28. The molecule has 130 valence electrons. The van der Waals surface area contributed by atoms with E-state index < -0.39 is 6.10 Å². The van der Waals surface area contributed by atoms with Crippen molar-refractivity contribution in [2.45, 2.75) is 19.4 Å². The van der Waals surface area contributed by atoms with E-state index in [4.69, 9.17) is 9.15 Å². The Kier molecular flexibility index (Phi) is 5.50. The van der Waals surface area contributed by atoms with Crippen molar-refractivity contribution in [1.29, 1.82) is 0 Å². The molecule has 0 spiro atoms. The SMILES string of the molecule is Cc1ccc2c(CC(=O)NCC(O)CN3CCOCC3)coc2c1. The summed E-state index contributed by atoms with van der Waals surface area (Å²) >= 11 is 0. The third-order valence-corrected chi connectivity index (χ3v) is 4.27. The van der Waals surface area contributed by atoms with Crippen molar-refractivity contribution in [3.63, 3.8) is 0 Å². The zero-order valence-corrected chi connectivity index (χ0v) is 14.0. The topological polar surface area (TPSA) is 74.9 Å². The second kappa shape index (κ2) is 7.79. The molecule has 1 saturated heterocycles. The van der Waals surface area contributed by atoms with E-state index in [0.717, 1.165) is 35.2 Å². The number of ether oxygens (including phenoxy) is 1. The molecule has 1 aliphatic rings. The molecule has 1 amide bonds. The van der Waals surface area contributed by atoms with Crippen LogP contribution in [0.4, 0.5) is 0 Å². The number of carbonyl (C=O) groups is 1. The van der Waals surface area contributed by atoms with Gasteiger partial charge in [-0.05, 0) is 18.6 Å². The first kappa shape index (κ1) is 17.0. The Labute approximate surface area is 141 Å². The van der Waals surface area contributed by atoms with Crippen LogP contribution in [-0.4, -0.2) is 61.4 Å². The summed E-state index contributed by atoms with van der Waals surface area (Å²) in [4.78, 5) is 14.3. The summed E-state index contributed by atoms with van der Waals surface area (Å²) in [6, 6.07) is 5.94. The quantitative estimate of drug-likeness (QED) is 0.828. The minimum atomic E-state index is -0.573. The van der Waals surface area contributed by atoms with Crippen molar-refractivity contribution in [3.8, 4) is 0 Å². The van der Waals surface area contributed by atoms with Gasteiger partial charge in [0.1, 0.15) is 5.58 Å². The van der Waals surface area contributed by atoms with Crippen molar-refractivity contribution in [1.82, 2.24) is 10.2 Å². The maximum atomic E-state index is 12.1. The highest BCUT2D eigenvalue weighted by Gasteiger charge is 2.16. The van der Waals surface area contributed by atoms with Gasteiger partial charge >= 0.3 is 0 Å². The minimum absolute atomic E-state index is 0.112. The van der Waals surface area contributed by atoms with Crippen LogP contribution in [0, 0.1) is 6.92 Å². The second-order valence-electron chi connectivity index (χ2n) is 6.31. The standard InChI is InChI=1S/C18H24N2O4/c1-13-2-3-16-14(12-24-17(16)8-13)9-18(22)19-10-15(21)11-20-4-6-23-7-5-20/h2-3,8,12,15,21H,4-7,9-11H2,1H3,(H,19,22). The van der Waals surface area contributed by atoms with Gasteiger partial charge in [-0.1, -0.05) is 12.1 Å². The number of aryl methyl sites for hydroxylation is 1. The number of amides is 1. The van der Waals surface area contributed by atoms with Crippen molar-refractivity contribution in [2.75, 3.05) is 39.4 Å². The summed E-state index contributed by atoms with van der Waals surface area (Å²) in [6.45, 7) is 5.86. The van der Waals surface area contributed by atoms with Gasteiger partial charge in [0.2, 0.25) is 5.91 Å². The average molecular weight is 332 g/mol. The number of furan rings is 1. The third kappa shape index (κ3) is 4.35. The van der Waals surface area contributed by atoms with E-state index in [-0.39, 0.29) is 18.9 Å². The number of morpholine rings is 1. The van der Waals surface area contributed by atoms with E-state index in [0.29, 0.717) is 19.8 Å². The Balaban J connectivity index is 1.48. The molecule has 24 heavy (non-hydrogen) atoms. The lowest BCUT2D eigenvalue weighted by Crippen LogP contribution is -2.44. The lowest BCUT2D eigenvalue weighted by molar-refractivity contribution is -0.121. The van der Waals surface area contributed by atoms with Crippen LogP contribution < -0.4 is 5.32 Å². The molecular formula is C18H24N2O4. The number of fused-ring (bicyclic) bond motifs is 1. The molecular weight excluding hydrogens is 308 g/mol. The van der Waals surface area contributed by atoms with Crippen LogP contribution in [0.5, 0.6) is 0 Å². The van der Waals surface area contributed by atoms with Crippen LogP contribution >= 0.6 is 0 Å². The fourth-order valence-electron chi connectivity index (χ4n) is 2.94. The van der Waals surface area contributed by atoms with E-state index in [9.17, 15) is 9.90 Å². The van der Waals surface area contributed by atoms with Gasteiger partial charge in [-0.2, -0.15) is 0 Å². The number of carbonyl (C=O) groups excluding carboxylic acids is 1. The Bertz CT molecular complexity index is 691. The molecule has 2 heterocycles. The predicted molar refractivity (Wildman–Crippen MR) is 90.9 cm³/mol. The first-order valence-electron chi connectivity index (χ1n) is 8.33. The van der Waals surface area contributed by atoms with Gasteiger partial charge in [-0.15, -0.1) is 0 Å². The molecule has 1 aromatic carbocycles. The summed E-state index contributed by atoms with van der Waals surface area (Å²) in [7, 11) is 0. The highest BCUT2D eigenvalue weighted by atomic mass is 16.5. The smallest absolute Gasteiger partial charge is 0.224 e. The molecule has 2 aromatic rings. The first-order valence-corrected chi connectivity index (χ1v) is 8.33. The zero-order valence-electron chi connectivity index (χ0n) is 14.0. The number of hydrogen-bond acceptors (Lipinski definition) is 5. The van der Waals surface area contributed by atoms with Gasteiger partial charge in [0.15, 0.2) is 0 Å². The number of aliphatic hydroxyl groups excluding tert-OH is 1. The molecule has 0 radical (unpaired) electrons. The normalized spacial score (nSPS) is 17.1. The van der Waals surface area contributed by atoms with Crippen LogP contribution in [-0.2, 0) is 16.0 Å². The summed E-state index contributed by atoms with van der Waals surface area (Å²) in [5.74, 6) is -0.112. The van der Waals surface area contributed by atoms with E-state index in [1.165, 1.54) is 0 Å². The molecule has 1 atom stereocenters. The molecule has 1 fully saturated rings. The van der Waals surface area contributed by atoms with Crippen LogP contribution in [0.2, 0.25) is 0 Å². The van der Waals surface area contributed by atoms with E-state index in [2.05, 4.69) is 10.2 Å². The fourth-order valence-corrected chi connectivity index (χ4v) is 2.94. The predicted octanol–water partition coefficient (Wildman–Crippen LogP) is 1.09. The highest BCUT2D eigenvalue weighted by molar-refractivity contribution is 5.87.